The molecule has 3 heteroatoms. The molecule has 0 spiro atoms. The van der Waals surface area contributed by atoms with E-state index in [2.05, 4.69) is 76.3 Å². The van der Waals surface area contributed by atoms with Gasteiger partial charge >= 0.3 is 129 Å². The van der Waals surface area contributed by atoms with E-state index in [0.717, 1.165) is 17.6 Å². The van der Waals surface area contributed by atoms with E-state index in [4.69, 9.17) is 0 Å². The van der Waals surface area contributed by atoms with Crippen LogP contribution in [-0.2, 0) is 12.8 Å². The molecule has 2 aromatic rings. The van der Waals surface area contributed by atoms with Gasteiger partial charge in [0.15, 0.2) is 0 Å². The fourth-order valence-corrected chi connectivity index (χ4v) is 2.47. The van der Waals surface area contributed by atoms with Gasteiger partial charge in [-0.25, -0.2) is 0 Å². The first-order valence-electron chi connectivity index (χ1n) is 6.98. The molecule has 0 fully saturated rings. The van der Waals surface area contributed by atoms with Gasteiger partial charge in [-0.15, -0.1) is 0 Å². The minimum atomic E-state index is 0.790. The van der Waals surface area contributed by atoms with Crippen LogP contribution in [0.3, 0.4) is 0 Å². The van der Waals surface area contributed by atoms with Gasteiger partial charge in [0.2, 0.25) is 0 Å². The molecule has 1 radical (unpaired) electrons. The predicted molar refractivity (Wildman–Crippen MR) is 94.7 cm³/mol. The van der Waals surface area contributed by atoms with E-state index in [1.807, 2.05) is 7.28 Å². The van der Waals surface area contributed by atoms with Crippen LogP contribution >= 0.6 is 12.6 Å². The molecule has 0 bridgehead atoms. The molecule has 20 heavy (non-hydrogen) atoms. The predicted octanol–water partition coefficient (Wildman–Crippen LogP) is 3.22. The average Bonchev–Trinajstić information content (AvgIpc) is 2.42. The zero-order chi connectivity index (χ0) is 14.5. The van der Waals surface area contributed by atoms with E-state index in [-0.39, 0.29) is 0 Å². The van der Waals surface area contributed by atoms with Crippen molar-refractivity contribution in [1.82, 2.24) is 0 Å². The van der Waals surface area contributed by atoms with Crippen molar-refractivity contribution in [3.05, 3.63) is 69.8 Å². The van der Waals surface area contributed by atoms with Crippen LogP contribution in [0.5, 0.6) is 0 Å². The van der Waals surface area contributed by atoms with Gasteiger partial charge in [-0.05, 0) is 0 Å². The van der Waals surface area contributed by atoms with Gasteiger partial charge in [-0.3, -0.25) is 0 Å². The second-order valence-electron chi connectivity index (χ2n) is 5.18. The normalized spacial score (nSPS) is 10.2. The number of hydrogen-bond donors (Lipinski definition) is 1. The van der Waals surface area contributed by atoms with Crippen LogP contribution in [0.25, 0.3) is 0 Å². The third kappa shape index (κ3) is 4.14. The summed E-state index contributed by atoms with van der Waals surface area (Å²) in [5.41, 5.74) is 6.54. The molecule has 0 aliphatic heterocycles. The summed E-state index contributed by atoms with van der Waals surface area (Å²) in [7, 11) is 2.02. The Hall–Kier alpha value is -1.21. The Morgan fingerprint density at radius 2 is 2.00 bits per heavy atom. The van der Waals surface area contributed by atoms with Gasteiger partial charge < -0.3 is 0 Å². The Labute approximate surface area is 129 Å². The Bertz CT molecular complexity index is 620. The van der Waals surface area contributed by atoms with Gasteiger partial charge in [0.25, 0.3) is 0 Å². The molecule has 0 atom stereocenters. The molecule has 0 amide bonds. The number of rotatable bonds is 5. The molecular weight excluding hydrogens is 258 g/mol. The molecule has 0 aliphatic rings. The Kier molecular flexibility index (Phi) is 5.30. The standard InChI is InChI=1S/C17H19B2S/c1-4-16-10-15(7-8-18-16)9-14-6-5-12(2)17(11-14)19-13(3)20/h5-8,10-11,20H,3-4,9H2,1-2H3. The maximum absolute atomic E-state index is 4.27. The van der Waals surface area contributed by atoms with E-state index in [9.17, 15) is 0 Å². The molecule has 0 saturated carbocycles. The summed E-state index contributed by atoms with van der Waals surface area (Å²) in [5, 5.41) is 0. The van der Waals surface area contributed by atoms with Crippen molar-refractivity contribution >= 4 is 32.3 Å². The molecule has 0 nitrogen and oxygen atoms in total. The summed E-state index contributed by atoms with van der Waals surface area (Å²) in [6.07, 6.45) is 2.05. The van der Waals surface area contributed by atoms with Crippen LogP contribution in [-0.4, -0.2) is 14.2 Å². The zero-order valence-corrected chi connectivity index (χ0v) is 13.1. The van der Waals surface area contributed by atoms with Crippen molar-refractivity contribution in [3.63, 3.8) is 0 Å². The zero-order valence-electron chi connectivity index (χ0n) is 12.2. The summed E-state index contributed by atoms with van der Waals surface area (Å²) in [5.74, 6) is 2.14. The van der Waals surface area contributed by atoms with E-state index < -0.39 is 0 Å². The van der Waals surface area contributed by atoms with Gasteiger partial charge in [0.05, 0.1) is 0 Å². The van der Waals surface area contributed by atoms with Gasteiger partial charge in [-0.2, -0.15) is 0 Å². The van der Waals surface area contributed by atoms with Crippen molar-refractivity contribution in [1.29, 1.82) is 0 Å². The monoisotopic (exact) mass is 277 g/mol. The number of benzene rings is 1. The minimum absolute atomic E-state index is 0.790. The van der Waals surface area contributed by atoms with Crippen LogP contribution in [0.15, 0.2) is 47.7 Å². The van der Waals surface area contributed by atoms with Gasteiger partial charge in [0.1, 0.15) is 0 Å². The van der Waals surface area contributed by atoms with E-state index in [1.54, 1.807) is 0 Å². The molecule has 99 valence electrons. The third-order valence-corrected chi connectivity index (χ3v) is 3.60. The molecule has 0 unspecified atom stereocenters. The molecule has 2 rings (SSSR count). The first-order valence-corrected chi connectivity index (χ1v) is 7.43. The van der Waals surface area contributed by atoms with Gasteiger partial charge in [0, 0.05) is 0 Å². The van der Waals surface area contributed by atoms with Crippen LogP contribution in [0, 0.1) is 6.92 Å². The third-order valence-electron chi connectivity index (χ3n) is 3.47. The summed E-state index contributed by atoms with van der Waals surface area (Å²) in [4.78, 5) is 0.790. The fraction of sp³-hybridized carbons (Fsp3) is 0.235. The molecule has 0 saturated heterocycles. The van der Waals surface area contributed by atoms with Crippen molar-refractivity contribution in [2.75, 3.05) is 0 Å². The number of thiol groups is 1. The van der Waals surface area contributed by atoms with E-state index in [1.165, 1.54) is 27.6 Å². The first-order chi connectivity index (χ1) is 9.58. The van der Waals surface area contributed by atoms with Gasteiger partial charge in [-0.1, -0.05) is 0 Å². The first kappa shape index (κ1) is 15.2. The SMILES string of the molecule is C=C(S)[B]c1cc(Cc2ccbc(CC)c2)ccc1C. The topological polar surface area (TPSA) is 0 Å². The van der Waals surface area contributed by atoms with Crippen molar-refractivity contribution in [3.8, 4) is 0 Å². The van der Waals surface area contributed by atoms with Crippen molar-refractivity contribution in [2.24, 2.45) is 0 Å². The Balaban J connectivity index is 2.22. The van der Waals surface area contributed by atoms with E-state index in [0.29, 0.717) is 0 Å². The quantitative estimate of drug-likeness (QED) is 0.629. The van der Waals surface area contributed by atoms with Crippen LogP contribution in [0.1, 0.15) is 29.1 Å². The van der Waals surface area contributed by atoms with Crippen molar-refractivity contribution < 1.29 is 0 Å². The van der Waals surface area contributed by atoms with Crippen molar-refractivity contribution in [2.45, 2.75) is 26.7 Å². The molecule has 1 aromatic carbocycles. The maximum atomic E-state index is 4.27. The molecule has 1 heterocycles. The second-order valence-corrected chi connectivity index (χ2v) is 5.75. The molecule has 0 N–H and O–H groups in total. The Morgan fingerprint density at radius 3 is 2.70 bits per heavy atom. The molecule has 0 aliphatic carbocycles. The van der Waals surface area contributed by atoms with E-state index >= 15 is 0 Å². The summed E-state index contributed by atoms with van der Waals surface area (Å²) < 4.78 is 0. The average molecular weight is 277 g/mol. The van der Waals surface area contributed by atoms with Crippen LogP contribution in [0.2, 0.25) is 0 Å². The molecule has 1 aromatic heterocycles. The number of hydrogen-bond acceptors (Lipinski definition) is 1. The summed E-state index contributed by atoms with van der Waals surface area (Å²) >= 11 is 4.27. The second kappa shape index (κ2) is 6.99. The summed E-state index contributed by atoms with van der Waals surface area (Å²) in [6.45, 7) is 10.3. The van der Waals surface area contributed by atoms with Crippen LogP contribution in [0.4, 0.5) is 0 Å². The summed E-state index contributed by atoms with van der Waals surface area (Å²) in [6, 6.07) is 11.1. The number of aryl methyl sites for hydroxylation is 2. The fourth-order valence-electron chi connectivity index (χ4n) is 2.33. The van der Waals surface area contributed by atoms with Crippen LogP contribution < -0.4 is 5.46 Å². The molecular formula is C17H19B2S. The Morgan fingerprint density at radius 1 is 1.25 bits per heavy atom.